The SMILES string of the molecule is NC1CCC=C(c2ccc(F)cc2)C1COc1cc(F)c(S(=O)(=O)Nc2nc(Cl)ns2)cc1Cl. The fourth-order valence-electron chi connectivity index (χ4n) is 3.63. The molecule has 0 saturated heterocycles. The van der Waals surface area contributed by atoms with Gasteiger partial charge in [0, 0.05) is 29.6 Å². The van der Waals surface area contributed by atoms with Gasteiger partial charge in [-0.1, -0.05) is 29.8 Å². The second-order valence-corrected chi connectivity index (χ2v) is 10.7. The molecule has 180 valence electrons. The first kappa shape index (κ1) is 24.8. The molecule has 0 saturated carbocycles. The number of hydrogen-bond donors (Lipinski definition) is 2. The van der Waals surface area contributed by atoms with E-state index in [-0.39, 0.29) is 45.6 Å². The second-order valence-electron chi connectivity index (χ2n) is 7.51. The molecule has 2 unspecified atom stereocenters. The summed E-state index contributed by atoms with van der Waals surface area (Å²) in [5, 5.41) is -0.360. The molecule has 1 aliphatic rings. The van der Waals surface area contributed by atoms with E-state index >= 15 is 0 Å². The van der Waals surface area contributed by atoms with Gasteiger partial charge in [-0.15, -0.1) is 0 Å². The number of benzene rings is 2. The van der Waals surface area contributed by atoms with Gasteiger partial charge in [-0.2, -0.15) is 9.36 Å². The monoisotopic (exact) mass is 546 g/mol. The van der Waals surface area contributed by atoms with Crippen LogP contribution in [0.4, 0.5) is 13.9 Å². The minimum Gasteiger partial charge on any atom is -0.491 e. The Morgan fingerprint density at radius 2 is 1.94 bits per heavy atom. The molecule has 34 heavy (non-hydrogen) atoms. The lowest BCUT2D eigenvalue weighted by Crippen LogP contribution is -2.36. The maximum Gasteiger partial charge on any atom is 0.266 e. The fourth-order valence-corrected chi connectivity index (χ4v) is 5.93. The molecule has 4 rings (SSSR count). The largest absolute Gasteiger partial charge is 0.491 e. The van der Waals surface area contributed by atoms with Gasteiger partial charge in [-0.25, -0.2) is 17.2 Å². The van der Waals surface area contributed by atoms with Crippen molar-refractivity contribution < 1.29 is 21.9 Å². The highest BCUT2D eigenvalue weighted by Crippen LogP contribution is 2.35. The van der Waals surface area contributed by atoms with Crippen LogP contribution in [0.15, 0.2) is 47.4 Å². The molecule has 0 bridgehead atoms. The zero-order valence-electron chi connectivity index (χ0n) is 17.3. The third kappa shape index (κ3) is 5.49. The van der Waals surface area contributed by atoms with E-state index in [1.54, 1.807) is 12.1 Å². The van der Waals surface area contributed by atoms with Crippen molar-refractivity contribution in [3.05, 3.63) is 70.0 Å². The van der Waals surface area contributed by atoms with E-state index in [2.05, 4.69) is 14.1 Å². The number of aromatic nitrogens is 2. The van der Waals surface area contributed by atoms with E-state index in [1.165, 1.54) is 12.1 Å². The maximum atomic E-state index is 14.8. The van der Waals surface area contributed by atoms with Crippen molar-refractivity contribution in [3.63, 3.8) is 0 Å². The number of allylic oxidation sites excluding steroid dienone is 1. The van der Waals surface area contributed by atoms with Crippen LogP contribution in [0.5, 0.6) is 5.75 Å². The van der Waals surface area contributed by atoms with Crippen LogP contribution in [0.2, 0.25) is 10.3 Å². The Morgan fingerprint density at radius 3 is 2.62 bits per heavy atom. The van der Waals surface area contributed by atoms with Gasteiger partial charge in [0.25, 0.3) is 10.0 Å². The summed E-state index contributed by atoms with van der Waals surface area (Å²) in [5.41, 5.74) is 8.03. The summed E-state index contributed by atoms with van der Waals surface area (Å²) in [5.74, 6) is -1.71. The normalized spacial score (nSPS) is 18.4. The Balaban J connectivity index is 1.53. The molecule has 0 amide bonds. The van der Waals surface area contributed by atoms with Gasteiger partial charge < -0.3 is 10.5 Å². The van der Waals surface area contributed by atoms with Crippen molar-refractivity contribution in [2.75, 3.05) is 11.3 Å². The Morgan fingerprint density at radius 1 is 1.21 bits per heavy atom. The summed E-state index contributed by atoms with van der Waals surface area (Å²) < 4.78 is 64.8. The summed E-state index contributed by atoms with van der Waals surface area (Å²) in [6, 6.07) is 7.67. The summed E-state index contributed by atoms with van der Waals surface area (Å²) in [6.07, 6.45) is 3.51. The highest BCUT2D eigenvalue weighted by Gasteiger charge is 2.28. The molecular weight excluding hydrogens is 529 g/mol. The minimum atomic E-state index is -4.34. The molecule has 0 aliphatic heterocycles. The number of nitrogens with two attached hydrogens (primary N) is 1. The van der Waals surface area contributed by atoms with Crippen molar-refractivity contribution in [1.29, 1.82) is 0 Å². The Labute approximate surface area is 208 Å². The van der Waals surface area contributed by atoms with E-state index in [1.807, 2.05) is 6.08 Å². The van der Waals surface area contributed by atoms with Crippen LogP contribution in [0.3, 0.4) is 0 Å². The fraction of sp³-hybridized carbons (Fsp3) is 0.238. The molecule has 3 N–H and O–H groups in total. The Kier molecular flexibility index (Phi) is 7.39. The Bertz CT molecular complexity index is 1330. The number of nitrogens with one attached hydrogen (secondary N) is 1. The van der Waals surface area contributed by atoms with Crippen LogP contribution in [-0.4, -0.2) is 30.4 Å². The maximum absolute atomic E-state index is 14.8. The highest BCUT2D eigenvalue weighted by atomic mass is 35.5. The highest BCUT2D eigenvalue weighted by molar-refractivity contribution is 7.93. The van der Waals surface area contributed by atoms with Gasteiger partial charge in [0.2, 0.25) is 10.4 Å². The van der Waals surface area contributed by atoms with Crippen LogP contribution in [0.25, 0.3) is 5.57 Å². The number of sulfonamides is 1. The van der Waals surface area contributed by atoms with Crippen molar-refractivity contribution >= 4 is 55.5 Å². The van der Waals surface area contributed by atoms with Crippen molar-refractivity contribution in [2.24, 2.45) is 11.7 Å². The van der Waals surface area contributed by atoms with Crippen LogP contribution >= 0.6 is 34.7 Å². The minimum absolute atomic E-state index is 0.0340. The number of halogens is 4. The van der Waals surface area contributed by atoms with Crippen LogP contribution < -0.4 is 15.2 Å². The molecule has 13 heteroatoms. The molecule has 2 aromatic carbocycles. The molecule has 0 fully saturated rings. The topological polar surface area (TPSA) is 107 Å². The number of hydrogen-bond acceptors (Lipinski definition) is 7. The lowest BCUT2D eigenvalue weighted by atomic mass is 9.81. The molecule has 0 radical (unpaired) electrons. The predicted octanol–water partition coefficient (Wildman–Crippen LogP) is 5.12. The zero-order chi connectivity index (χ0) is 24.5. The molecular formula is C21H18Cl2F2N4O3S2. The summed E-state index contributed by atoms with van der Waals surface area (Å²) in [7, 11) is -4.34. The molecule has 1 aliphatic carbocycles. The standard InChI is InChI=1S/C21H18Cl2F2N4O3S2/c22-15-8-19(34(30,31)29-21-27-20(23)28-33-21)16(25)9-18(15)32-10-14-13(2-1-3-17(14)26)11-4-6-12(24)7-5-11/h2,4-9,14,17H,1,3,10,26H2,(H,27,28,29). The lowest BCUT2D eigenvalue weighted by molar-refractivity contribution is 0.252. The summed E-state index contributed by atoms with van der Waals surface area (Å²) in [6.45, 7) is 0.0666. The van der Waals surface area contributed by atoms with E-state index in [4.69, 9.17) is 33.7 Å². The molecule has 1 aromatic heterocycles. The average Bonchev–Trinajstić information content (AvgIpc) is 3.18. The van der Waals surface area contributed by atoms with E-state index in [0.29, 0.717) is 11.5 Å². The third-order valence-corrected chi connectivity index (χ3v) is 7.95. The molecule has 7 nitrogen and oxygen atoms in total. The lowest BCUT2D eigenvalue weighted by Gasteiger charge is -2.30. The summed E-state index contributed by atoms with van der Waals surface area (Å²) in [4.78, 5) is 3.00. The van der Waals surface area contributed by atoms with Gasteiger partial charge in [-0.3, -0.25) is 4.72 Å². The number of nitrogens with zero attached hydrogens (tertiary/aromatic N) is 2. The molecule has 0 spiro atoms. The first-order chi connectivity index (χ1) is 16.1. The van der Waals surface area contributed by atoms with Crippen LogP contribution in [-0.2, 0) is 10.0 Å². The molecule has 3 aromatic rings. The van der Waals surface area contributed by atoms with E-state index in [0.717, 1.165) is 36.1 Å². The van der Waals surface area contributed by atoms with Crippen molar-refractivity contribution in [3.8, 4) is 5.75 Å². The predicted molar refractivity (Wildman–Crippen MR) is 128 cm³/mol. The van der Waals surface area contributed by atoms with E-state index < -0.39 is 20.7 Å². The first-order valence-corrected chi connectivity index (χ1v) is 13.0. The number of anilines is 1. The van der Waals surface area contributed by atoms with Crippen LogP contribution in [0.1, 0.15) is 18.4 Å². The Hall–Kier alpha value is -2.31. The van der Waals surface area contributed by atoms with Gasteiger partial charge in [0.1, 0.15) is 22.3 Å². The van der Waals surface area contributed by atoms with Gasteiger partial charge in [-0.05, 0) is 53.8 Å². The number of ether oxygens (including phenoxy) is 1. The van der Waals surface area contributed by atoms with Gasteiger partial charge in [0.15, 0.2) is 0 Å². The smallest absolute Gasteiger partial charge is 0.266 e. The van der Waals surface area contributed by atoms with Crippen LogP contribution in [0, 0.1) is 17.6 Å². The van der Waals surface area contributed by atoms with Gasteiger partial charge >= 0.3 is 0 Å². The quantitative estimate of drug-likeness (QED) is 0.425. The number of rotatable bonds is 7. The summed E-state index contributed by atoms with van der Waals surface area (Å²) >= 11 is 12.5. The molecule has 1 heterocycles. The zero-order valence-corrected chi connectivity index (χ0v) is 20.5. The van der Waals surface area contributed by atoms with Gasteiger partial charge in [0.05, 0.1) is 11.6 Å². The third-order valence-electron chi connectivity index (χ3n) is 5.28. The molecule has 2 atom stereocenters. The first-order valence-electron chi connectivity index (χ1n) is 9.99. The average molecular weight is 547 g/mol. The van der Waals surface area contributed by atoms with Crippen molar-refractivity contribution in [1.82, 2.24) is 9.36 Å². The second kappa shape index (κ2) is 10.1. The van der Waals surface area contributed by atoms with Crippen molar-refractivity contribution in [2.45, 2.75) is 23.8 Å². The van der Waals surface area contributed by atoms with E-state index in [9.17, 15) is 17.2 Å².